The van der Waals surface area contributed by atoms with Crippen LogP contribution in [0.15, 0.2) is 30.3 Å². The summed E-state index contributed by atoms with van der Waals surface area (Å²) in [6.45, 7) is 4.73. The quantitative estimate of drug-likeness (QED) is 0.869. The van der Waals surface area contributed by atoms with E-state index in [0.717, 1.165) is 18.5 Å². The first-order valence-corrected chi connectivity index (χ1v) is 8.05. The lowest BCUT2D eigenvalue weighted by Gasteiger charge is -2.32. The second-order valence-corrected chi connectivity index (χ2v) is 6.01. The van der Waals surface area contributed by atoms with Gasteiger partial charge in [0.1, 0.15) is 17.7 Å². The van der Waals surface area contributed by atoms with Crippen molar-refractivity contribution in [3.8, 4) is 5.88 Å². The minimum atomic E-state index is -0.493. The molecule has 0 bridgehead atoms. The molecule has 5 nitrogen and oxygen atoms in total. The van der Waals surface area contributed by atoms with Gasteiger partial charge in [-0.15, -0.1) is 0 Å². The molecule has 0 N–H and O–H groups in total. The normalized spacial score (nSPS) is 17.6. The summed E-state index contributed by atoms with van der Waals surface area (Å²) in [5, 5.41) is 0. The number of aryl methyl sites for hydroxylation is 2. The summed E-state index contributed by atoms with van der Waals surface area (Å²) in [5.74, 6) is 0.384. The van der Waals surface area contributed by atoms with Crippen LogP contribution in [0.25, 0.3) is 0 Å². The van der Waals surface area contributed by atoms with Crippen LogP contribution in [0.1, 0.15) is 34.7 Å². The van der Waals surface area contributed by atoms with Crippen molar-refractivity contribution >= 4 is 5.91 Å². The molecule has 1 saturated heterocycles. The maximum atomic E-state index is 13.8. The number of benzene rings is 1. The first kappa shape index (κ1) is 16.4. The van der Waals surface area contributed by atoms with E-state index in [0.29, 0.717) is 24.8 Å². The fourth-order valence-electron chi connectivity index (χ4n) is 2.94. The molecule has 2 heterocycles. The Labute approximate surface area is 140 Å². The molecule has 1 amide bonds. The van der Waals surface area contributed by atoms with Crippen molar-refractivity contribution in [2.24, 2.45) is 0 Å². The average Bonchev–Trinajstić information content (AvgIpc) is 2.54. The number of aromatic nitrogens is 2. The van der Waals surface area contributed by atoms with Crippen LogP contribution in [0, 0.1) is 19.7 Å². The van der Waals surface area contributed by atoms with Crippen LogP contribution in [0.4, 0.5) is 4.39 Å². The van der Waals surface area contributed by atoms with Crippen molar-refractivity contribution in [2.45, 2.75) is 32.8 Å². The third-order valence-electron chi connectivity index (χ3n) is 4.00. The SMILES string of the molecule is Cc1cc(OC2CCCN(C(=O)c3ccccc3F)C2)nc(C)n1. The molecule has 0 radical (unpaired) electrons. The summed E-state index contributed by atoms with van der Waals surface area (Å²) in [6.07, 6.45) is 1.50. The monoisotopic (exact) mass is 329 g/mol. The molecular formula is C18H20FN3O2. The van der Waals surface area contributed by atoms with Gasteiger partial charge in [0.15, 0.2) is 0 Å². The summed E-state index contributed by atoms with van der Waals surface area (Å²) in [4.78, 5) is 22.7. The van der Waals surface area contributed by atoms with Gasteiger partial charge in [-0.1, -0.05) is 12.1 Å². The van der Waals surface area contributed by atoms with E-state index >= 15 is 0 Å². The molecule has 1 fully saturated rings. The molecule has 1 aromatic carbocycles. The fourth-order valence-corrected chi connectivity index (χ4v) is 2.94. The van der Waals surface area contributed by atoms with Crippen LogP contribution in [-0.2, 0) is 0 Å². The number of rotatable bonds is 3. The summed E-state index contributed by atoms with van der Waals surface area (Å²) in [7, 11) is 0. The Morgan fingerprint density at radius 1 is 1.29 bits per heavy atom. The molecule has 1 atom stereocenters. The van der Waals surface area contributed by atoms with Crippen LogP contribution in [-0.4, -0.2) is 40.0 Å². The number of carbonyl (C=O) groups excluding carboxylic acids is 1. The Morgan fingerprint density at radius 2 is 2.08 bits per heavy atom. The second-order valence-electron chi connectivity index (χ2n) is 6.01. The van der Waals surface area contributed by atoms with Gasteiger partial charge in [0.2, 0.25) is 5.88 Å². The third-order valence-corrected chi connectivity index (χ3v) is 4.00. The van der Waals surface area contributed by atoms with E-state index in [4.69, 9.17) is 4.74 Å². The Balaban J connectivity index is 1.70. The highest BCUT2D eigenvalue weighted by Gasteiger charge is 2.27. The van der Waals surface area contributed by atoms with Gasteiger partial charge < -0.3 is 9.64 Å². The molecule has 0 saturated carbocycles. The van der Waals surface area contributed by atoms with Gasteiger partial charge in [0.05, 0.1) is 12.1 Å². The molecule has 1 aliphatic heterocycles. The number of carbonyl (C=O) groups is 1. The summed E-state index contributed by atoms with van der Waals surface area (Å²) in [6, 6.07) is 7.84. The van der Waals surface area contributed by atoms with E-state index in [1.54, 1.807) is 23.1 Å². The number of hydrogen-bond acceptors (Lipinski definition) is 4. The highest BCUT2D eigenvalue weighted by molar-refractivity contribution is 5.94. The zero-order valence-electron chi connectivity index (χ0n) is 13.8. The van der Waals surface area contributed by atoms with Crippen LogP contribution >= 0.6 is 0 Å². The zero-order chi connectivity index (χ0) is 17.1. The van der Waals surface area contributed by atoms with Gasteiger partial charge in [0.25, 0.3) is 5.91 Å². The van der Waals surface area contributed by atoms with Crippen LogP contribution in [0.3, 0.4) is 0 Å². The number of nitrogens with zero attached hydrogens (tertiary/aromatic N) is 3. The number of hydrogen-bond donors (Lipinski definition) is 0. The van der Waals surface area contributed by atoms with Gasteiger partial charge in [-0.25, -0.2) is 9.37 Å². The molecule has 1 aromatic heterocycles. The molecule has 1 aliphatic rings. The van der Waals surface area contributed by atoms with Crippen molar-refractivity contribution in [3.05, 3.63) is 53.2 Å². The summed E-state index contributed by atoms with van der Waals surface area (Å²) < 4.78 is 19.8. The highest BCUT2D eigenvalue weighted by atomic mass is 19.1. The third kappa shape index (κ3) is 3.69. The average molecular weight is 329 g/mol. The van der Waals surface area contributed by atoms with E-state index in [1.807, 2.05) is 13.8 Å². The molecule has 6 heteroatoms. The minimum Gasteiger partial charge on any atom is -0.472 e. The predicted molar refractivity (Wildman–Crippen MR) is 87.5 cm³/mol. The first-order valence-electron chi connectivity index (χ1n) is 8.05. The van der Waals surface area contributed by atoms with E-state index < -0.39 is 5.82 Å². The molecule has 126 valence electrons. The number of likely N-dealkylation sites (tertiary alicyclic amines) is 1. The molecule has 1 unspecified atom stereocenters. The predicted octanol–water partition coefficient (Wildman–Crippen LogP) is 2.92. The van der Waals surface area contributed by atoms with Crippen LogP contribution in [0.2, 0.25) is 0 Å². The Morgan fingerprint density at radius 3 is 2.83 bits per heavy atom. The van der Waals surface area contributed by atoms with E-state index in [2.05, 4.69) is 9.97 Å². The van der Waals surface area contributed by atoms with Gasteiger partial charge in [-0.05, 0) is 38.8 Å². The van der Waals surface area contributed by atoms with Gasteiger partial charge >= 0.3 is 0 Å². The van der Waals surface area contributed by atoms with Gasteiger partial charge in [-0.3, -0.25) is 4.79 Å². The van der Waals surface area contributed by atoms with E-state index in [-0.39, 0.29) is 17.6 Å². The lowest BCUT2D eigenvalue weighted by atomic mass is 10.1. The molecule has 24 heavy (non-hydrogen) atoms. The Kier molecular flexibility index (Phi) is 4.74. The van der Waals surface area contributed by atoms with E-state index in [9.17, 15) is 9.18 Å². The molecule has 2 aromatic rings. The Hall–Kier alpha value is -2.50. The van der Waals surface area contributed by atoms with Crippen LogP contribution in [0.5, 0.6) is 5.88 Å². The number of amides is 1. The maximum absolute atomic E-state index is 13.8. The molecule has 3 rings (SSSR count). The van der Waals surface area contributed by atoms with Crippen molar-refractivity contribution in [1.29, 1.82) is 0 Å². The zero-order valence-corrected chi connectivity index (χ0v) is 13.8. The van der Waals surface area contributed by atoms with Crippen LogP contribution < -0.4 is 4.74 Å². The Bertz CT molecular complexity index is 731. The van der Waals surface area contributed by atoms with Crippen molar-refractivity contribution in [1.82, 2.24) is 14.9 Å². The molecule has 0 spiro atoms. The second kappa shape index (κ2) is 6.95. The largest absolute Gasteiger partial charge is 0.472 e. The van der Waals surface area contributed by atoms with Crippen molar-refractivity contribution in [2.75, 3.05) is 13.1 Å². The standard InChI is InChI=1S/C18H20FN3O2/c1-12-10-17(21-13(2)20-12)24-14-6-5-9-22(11-14)18(23)15-7-3-4-8-16(15)19/h3-4,7-8,10,14H,5-6,9,11H2,1-2H3. The van der Waals surface area contributed by atoms with Gasteiger partial charge in [0, 0.05) is 18.3 Å². The highest BCUT2D eigenvalue weighted by Crippen LogP contribution is 2.20. The van der Waals surface area contributed by atoms with Crippen molar-refractivity contribution < 1.29 is 13.9 Å². The maximum Gasteiger partial charge on any atom is 0.256 e. The molecular weight excluding hydrogens is 309 g/mol. The van der Waals surface area contributed by atoms with Crippen molar-refractivity contribution in [3.63, 3.8) is 0 Å². The fraction of sp³-hybridized carbons (Fsp3) is 0.389. The lowest BCUT2D eigenvalue weighted by molar-refractivity contribution is 0.0522. The number of ether oxygens (including phenoxy) is 1. The number of halogens is 1. The van der Waals surface area contributed by atoms with E-state index in [1.165, 1.54) is 12.1 Å². The smallest absolute Gasteiger partial charge is 0.256 e. The minimum absolute atomic E-state index is 0.104. The van der Waals surface area contributed by atoms with Gasteiger partial charge in [-0.2, -0.15) is 4.98 Å². The first-order chi connectivity index (χ1) is 11.5. The summed E-state index contributed by atoms with van der Waals surface area (Å²) in [5.41, 5.74) is 0.944. The molecule has 0 aliphatic carbocycles. The number of piperidine rings is 1. The summed E-state index contributed by atoms with van der Waals surface area (Å²) >= 11 is 0. The topological polar surface area (TPSA) is 55.3 Å². The lowest BCUT2D eigenvalue weighted by Crippen LogP contribution is -2.44.